The third kappa shape index (κ3) is 3.89. The van der Waals surface area contributed by atoms with Gasteiger partial charge >= 0.3 is 0 Å². The van der Waals surface area contributed by atoms with Gasteiger partial charge in [0.15, 0.2) is 0 Å². The molecule has 3 aromatic rings. The molecule has 0 atom stereocenters. The zero-order valence-electron chi connectivity index (χ0n) is 13.5. The average Bonchev–Trinajstić information content (AvgIpc) is 2.58. The van der Waals surface area contributed by atoms with Crippen molar-refractivity contribution < 1.29 is 24.1 Å². The van der Waals surface area contributed by atoms with E-state index in [2.05, 4.69) is 0 Å². The van der Waals surface area contributed by atoms with Crippen molar-refractivity contribution >= 4 is 11.6 Å². The van der Waals surface area contributed by atoms with Crippen molar-refractivity contribution in [2.24, 2.45) is 0 Å². The summed E-state index contributed by atoms with van der Waals surface area (Å²) in [6.45, 7) is 0. The summed E-state index contributed by atoms with van der Waals surface area (Å²) in [5.74, 6) is -1.33. The first-order valence-corrected chi connectivity index (χ1v) is 8.16. The van der Waals surface area contributed by atoms with Crippen LogP contribution in [0.4, 0.5) is 8.78 Å². The van der Waals surface area contributed by atoms with Crippen molar-refractivity contribution in [1.82, 2.24) is 0 Å². The van der Waals surface area contributed by atoms with E-state index in [1.807, 2.05) is 0 Å². The number of benzene rings is 3. The fourth-order valence-corrected chi connectivity index (χ4v) is 3.05. The summed E-state index contributed by atoms with van der Waals surface area (Å²) in [7, 11) is 0. The van der Waals surface area contributed by atoms with Gasteiger partial charge in [0.1, 0.15) is 28.9 Å². The molecule has 0 aromatic heterocycles. The van der Waals surface area contributed by atoms with E-state index in [0.717, 1.165) is 12.1 Å². The molecule has 134 valence electrons. The van der Waals surface area contributed by atoms with Gasteiger partial charge in [0.25, 0.3) is 0 Å². The van der Waals surface area contributed by atoms with Gasteiger partial charge in [0.05, 0.1) is 0 Å². The molecule has 0 aliphatic carbocycles. The SMILES string of the molecule is Oc1ccc(F)cc1Cc1cc(Cl)cc(Cc2cc(F)ccc2O)c1O. The topological polar surface area (TPSA) is 60.7 Å². The van der Waals surface area contributed by atoms with Crippen LogP contribution in [-0.2, 0) is 12.8 Å². The van der Waals surface area contributed by atoms with Gasteiger partial charge < -0.3 is 15.3 Å². The highest BCUT2D eigenvalue weighted by Gasteiger charge is 2.15. The highest BCUT2D eigenvalue weighted by molar-refractivity contribution is 6.30. The second kappa shape index (κ2) is 7.22. The maximum atomic E-state index is 13.4. The van der Waals surface area contributed by atoms with Crippen molar-refractivity contribution in [2.45, 2.75) is 12.8 Å². The Balaban J connectivity index is 1.98. The largest absolute Gasteiger partial charge is 0.508 e. The Morgan fingerprint density at radius 2 is 1.08 bits per heavy atom. The summed E-state index contributed by atoms with van der Waals surface area (Å²) in [6, 6.07) is 10.1. The van der Waals surface area contributed by atoms with Crippen LogP contribution in [0.3, 0.4) is 0 Å². The predicted octanol–water partition coefficient (Wildman–Crippen LogP) is 4.92. The number of phenols is 3. The van der Waals surface area contributed by atoms with Crippen molar-refractivity contribution in [3.8, 4) is 17.2 Å². The molecule has 0 saturated carbocycles. The Labute approximate surface area is 153 Å². The van der Waals surface area contributed by atoms with Crippen LogP contribution in [0.15, 0.2) is 48.5 Å². The minimum atomic E-state index is -0.510. The molecule has 26 heavy (non-hydrogen) atoms. The van der Waals surface area contributed by atoms with Gasteiger partial charge in [-0.05, 0) is 48.5 Å². The summed E-state index contributed by atoms with van der Waals surface area (Å²) in [4.78, 5) is 0. The molecule has 0 aliphatic rings. The molecule has 0 aliphatic heterocycles. The van der Waals surface area contributed by atoms with Gasteiger partial charge in [-0.25, -0.2) is 8.78 Å². The van der Waals surface area contributed by atoms with E-state index in [1.54, 1.807) is 0 Å². The number of hydrogen-bond acceptors (Lipinski definition) is 3. The molecule has 0 saturated heterocycles. The first kappa shape index (κ1) is 18.0. The number of aromatic hydroxyl groups is 3. The minimum Gasteiger partial charge on any atom is -0.508 e. The third-order valence-electron chi connectivity index (χ3n) is 4.08. The van der Waals surface area contributed by atoms with Crippen LogP contribution in [0.5, 0.6) is 17.2 Å². The monoisotopic (exact) mass is 376 g/mol. The molecule has 3 aromatic carbocycles. The van der Waals surface area contributed by atoms with Gasteiger partial charge in [-0.3, -0.25) is 0 Å². The maximum absolute atomic E-state index is 13.4. The normalized spacial score (nSPS) is 10.9. The summed E-state index contributed by atoms with van der Waals surface area (Å²) >= 11 is 6.11. The summed E-state index contributed by atoms with van der Waals surface area (Å²) in [5.41, 5.74) is 1.35. The van der Waals surface area contributed by atoms with E-state index in [4.69, 9.17) is 11.6 Å². The Hall–Kier alpha value is -2.79. The predicted molar refractivity (Wildman–Crippen MR) is 94.9 cm³/mol. The third-order valence-corrected chi connectivity index (χ3v) is 4.30. The standard InChI is InChI=1S/C20H15ClF2O3/c21-15-7-13(5-11-9-16(22)1-3-18(11)24)20(26)14(8-15)6-12-10-17(23)2-4-19(12)25/h1-4,7-10,24-26H,5-6H2. The second-order valence-electron chi connectivity index (χ2n) is 5.97. The van der Waals surface area contributed by atoms with Crippen LogP contribution < -0.4 is 0 Å². The Morgan fingerprint density at radius 1 is 0.654 bits per heavy atom. The molecule has 0 amide bonds. The van der Waals surface area contributed by atoms with E-state index in [1.165, 1.54) is 36.4 Å². The average molecular weight is 377 g/mol. The van der Waals surface area contributed by atoms with E-state index < -0.39 is 11.6 Å². The molecule has 0 radical (unpaired) electrons. The lowest BCUT2D eigenvalue weighted by Crippen LogP contribution is -1.97. The van der Waals surface area contributed by atoms with Crippen LogP contribution in [0.1, 0.15) is 22.3 Å². The number of hydrogen-bond donors (Lipinski definition) is 3. The number of halogens is 3. The highest BCUT2D eigenvalue weighted by Crippen LogP contribution is 2.34. The minimum absolute atomic E-state index is 0.0537. The number of phenolic OH excluding ortho intramolecular Hbond substituents is 3. The van der Waals surface area contributed by atoms with E-state index >= 15 is 0 Å². The molecule has 3 N–H and O–H groups in total. The van der Waals surface area contributed by atoms with Gasteiger partial charge in [-0.1, -0.05) is 11.6 Å². The molecule has 0 bridgehead atoms. The van der Waals surface area contributed by atoms with Crippen molar-refractivity contribution in [3.63, 3.8) is 0 Å². The van der Waals surface area contributed by atoms with Gasteiger partial charge in [-0.15, -0.1) is 0 Å². The summed E-state index contributed by atoms with van der Waals surface area (Å²) in [5, 5.41) is 30.6. The fraction of sp³-hybridized carbons (Fsp3) is 0.100. The molecule has 0 heterocycles. The van der Waals surface area contributed by atoms with E-state index in [-0.39, 0.29) is 30.1 Å². The number of rotatable bonds is 4. The van der Waals surface area contributed by atoms with E-state index in [9.17, 15) is 24.1 Å². The zero-order valence-corrected chi connectivity index (χ0v) is 14.3. The van der Waals surface area contributed by atoms with Crippen LogP contribution in [0.25, 0.3) is 0 Å². The quantitative estimate of drug-likeness (QED) is 0.606. The molecule has 6 heteroatoms. The lowest BCUT2D eigenvalue weighted by Gasteiger charge is -2.13. The van der Waals surface area contributed by atoms with Gasteiger partial charge in [-0.2, -0.15) is 0 Å². The second-order valence-corrected chi connectivity index (χ2v) is 6.41. The van der Waals surface area contributed by atoms with Gasteiger partial charge in [0.2, 0.25) is 0 Å². The smallest absolute Gasteiger partial charge is 0.123 e. The van der Waals surface area contributed by atoms with Crippen LogP contribution in [-0.4, -0.2) is 15.3 Å². The first-order valence-electron chi connectivity index (χ1n) is 7.78. The van der Waals surface area contributed by atoms with Crippen LogP contribution in [0.2, 0.25) is 5.02 Å². The molecule has 0 spiro atoms. The van der Waals surface area contributed by atoms with E-state index in [0.29, 0.717) is 27.3 Å². The Bertz CT molecular complexity index is 899. The van der Waals surface area contributed by atoms with Crippen molar-refractivity contribution in [1.29, 1.82) is 0 Å². The fourth-order valence-electron chi connectivity index (χ4n) is 2.79. The Kier molecular flexibility index (Phi) is 5.00. The molecule has 0 unspecified atom stereocenters. The molecule has 3 nitrogen and oxygen atoms in total. The molecular formula is C20H15ClF2O3. The molecule has 3 rings (SSSR count). The van der Waals surface area contributed by atoms with Crippen LogP contribution >= 0.6 is 11.6 Å². The summed E-state index contributed by atoms with van der Waals surface area (Å²) < 4.78 is 26.8. The lowest BCUT2D eigenvalue weighted by molar-refractivity contribution is 0.455. The Morgan fingerprint density at radius 3 is 1.50 bits per heavy atom. The first-order chi connectivity index (χ1) is 12.3. The lowest BCUT2D eigenvalue weighted by atomic mass is 9.97. The van der Waals surface area contributed by atoms with Crippen LogP contribution in [0, 0.1) is 11.6 Å². The highest BCUT2D eigenvalue weighted by atomic mass is 35.5. The molecular weight excluding hydrogens is 362 g/mol. The van der Waals surface area contributed by atoms with Crippen molar-refractivity contribution in [3.05, 3.63) is 87.4 Å². The van der Waals surface area contributed by atoms with Crippen molar-refractivity contribution in [2.75, 3.05) is 0 Å². The maximum Gasteiger partial charge on any atom is 0.123 e. The zero-order chi connectivity index (χ0) is 18.8. The summed E-state index contributed by atoms with van der Waals surface area (Å²) in [6.07, 6.45) is 0.107. The van der Waals surface area contributed by atoms with Gasteiger partial charge in [0, 0.05) is 40.1 Å². The molecule has 0 fully saturated rings.